The topological polar surface area (TPSA) is 9.23 Å². The summed E-state index contributed by atoms with van der Waals surface area (Å²) in [5.74, 6) is 1.64. The summed E-state index contributed by atoms with van der Waals surface area (Å²) in [5.41, 5.74) is 5.09. The molecule has 0 saturated heterocycles. The molecule has 3 aromatic rings. The van der Waals surface area contributed by atoms with Crippen LogP contribution >= 0.6 is 0 Å². The molecule has 0 aliphatic carbocycles. The van der Waals surface area contributed by atoms with Gasteiger partial charge in [-0.1, -0.05) is 87.2 Å². The molecule has 0 saturated carbocycles. The largest absolute Gasteiger partial charge is 0.493 e. The number of ether oxygens (including phenoxy) is 1. The fraction of sp³-hybridized carbons (Fsp3) is 0.385. The highest BCUT2D eigenvalue weighted by molar-refractivity contribution is 6.00. The molecule has 1 atom stereocenters. The summed E-state index contributed by atoms with van der Waals surface area (Å²) in [4.78, 5) is 0. The van der Waals surface area contributed by atoms with Gasteiger partial charge >= 0.3 is 0 Å². The molecule has 142 valence electrons. The van der Waals surface area contributed by atoms with Crippen molar-refractivity contribution >= 4 is 10.8 Å². The second kappa shape index (κ2) is 9.08. The van der Waals surface area contributed by atoms with Gasteiger partial charge < -0.3 is 4.74 Å². The molecule has 0 spiro atoms. The van der Waals surface area contributed by atoms with Crippen LogP contribution in [0.2, 0.25) is 0 Å². The Bertz CT molecular complexity index is 894. The third-order valence-corrected chi connectivity index (χ3v) is 5.57. The molecule has 0 radical (unpaired) electrons. The lowest BCUT2D eigenvalue weighted by Crippen LogP contribution is -2.12. The standard InChI is InChI=1S/C26H32O/c1-5-7-10-21(6-2)18-27-25-16-15-22-11-8-9-12-23(22)26(25)24-17-19(3)13-14-20(24)4/h8-9,11-17,21H,5-7,10,18H2,1-4H3. The van der Waals surface area contributed by atoms with E-state index in [2.05, 4.69) is 82.3 Å². The van der Waals surface area contributed by atoms with Gasteiger partial charge in [0.1, 0.15) is 5.75 Å². The summed E-state index contributed by atoms with van der Waals surface area (Å²) < 4.78 is 6.44. The molecular formula is C26H32O. The van der Waals surface area contributed by atoms with Gasteiger partial charge in [0.2, 0.25) is 0 Å². The lowest BCUT2D eigenvalue weighted by Gasteiger charge is -2.20. The Hall–Kier alpha value is -2.28. The van der Waals surface area contributed by atoms with E-state index in [0.717, 1.165) is 12.4 Å². The molecule has 0 aliphatic heterocycles. The van der Waals surface area contributed by atoms with Crippen molar-refractivity contribution in [3.63, 3.8) is 0 Å². The fourth-order valence-corrected chi connectivity index (χ4v) is 3.76. The van der Waals surface area contributed by atoms with Gasteiger partial charge in [0.15, 0.2) is 0 Å². The molecule has 0 fully saturated rings. The van der Waals surface area contributed by atoms with E-state index in [1.54, 1.807) is 0 Å². The van der Waals surface area contributed by atoms with Gasteiger partial charge in [0.05, 0.1) is 6.61 Å². The first-order valence-corrected chi connectivity index (χ1v) is 10.4. The van der Waals surface area contributed by atoms with Gasteiger partial charge in [0, 0.05) is 5.56 Å². The van der Waals surface area contributed by atoms with Crippen molar-refractivity contribution in [2.24, 2.45) is 5.92 Å². The quantitative estimate of drug-likeness (QED) is 0.399. The van der Waals surface area contributed by atoms with Crippen molar-refractivity contribution < 1.29 is 4.74 Å². The monoisotopic (exact) mass is 360 g/mol. The molecule has 1 nitrogen and oxygen atoms in total. The van der Waals surface area contributed by atoms with Crippen LogP contribution in [0.4, 0.5) is 0 Å². The van der Waals surface area contributed by atoms with Crippen molar-refractivity contribution in [1.82, 2.24) is 0 Å². The van der Waals surface area contributed by atoms with Crippen molar-refractivity contribution in [2.75, 3.05) is 6.61 Å². The van der Waals surface area contributed by atoms with E-state index in [1.807, 2.05) is 0 Å². The van der Waals surface area contributed by atoms with E-state index in [1.165, 1.54) is 58.7 Å². The van der Waals surface area contributed by atoms with Crippen molar-refractivity contribution in [3.8, 4) is 16.9 Å². The average molecular weight is 361 g/mol. The zero-order chi connectivity index (χ0) is 19.2. The van der Waals surface area contributed by atoms with E-state index < -0.39 is 0 Å². The highest BCUT2D eigenvalue weighted by atomic mass is 16.5. The molecule has 0 amide bonds. The third kappa shape index (κ3) is 4.53. The van der Waals surface area contributed by atoms with Gasteiger partial charge in [-0.25, -0.2) is 0 Å². The Morgan fingerprint density at radius 1 is 0.926 bits per heavy atom. The Labute approximate surface area is 164 Å². The Kier molecular flexibility index (Phi) is 6.55. The molecule has 1 unspecified atom stereocenters. The summed E-state index contributed by atoms with van der Waals surface area (Å²) >= 11 is 0. The summed E-state index contributed by atoms with van der Waals surface area (Å²) in [5, 5.41) is 2.53. The average Bonchev–Trinajstić information content (AvgIpc) is 2.69. The van der Waals surface area contributed by atoms with Gasteiger partial charge in [-0.2, -0.15) is 0 Å². The molecule has 0 aromatic heterocycles. The fourth-order valence-electron chi connectivity index (χ4n) is 3.76. The zero-order valence-electron chi connectivity index (χ0n) is 17.2. The number of aryl methyl sites for hydroxylation is 2. The van der Waals surface area contributed by atoms with Crippen LogP contribution in [0.1, 0.15) is 50.7 Å². The normalized spacial score (nSPS) is 12.3. The first kappa shape index (κ1) is 19.5. The zero-order valence-corrected chi connectivity index (χ0v) is 17.2. The van der Waals surface area contributed by atoms with E-state index in [0.29, 0.717) is 5.92 Å². The highest BCUT2D eigenvalue weighted by Gasteiger charge is 2.15. The maximum atomic E-state index is 6.44. The van der Waals surface area contributed by atoms with Crippen molar-refractivity contribution in [1.29, 1.82) is 0 Å². The number of rotatable bonds is 8. The number of hydrogen-bond acceptors (Lipinski definition) is 1. The van der Waals surface area contributed by atoms with Crippen LogP contribution in [0.3, 0.4) is 0 Å². The third-order valence-electron chi connectivity index (χ3n) is 5.57. The van der Waals surface area contributed by atoms with Crippen LogP contribution in [0.5, 0.6) is 5.75 Å². The highest BCUT2D eigenvalue weighted by Crippen LogP contribution is 2.39. The maximum Gasteiger partial charge on any atom is 0.127 e. The van der Waals surface area contributed by atoms with E-state index in [9.17, 15) is 0 Å². The summed E-state index contributed by atoms with van der Waals surface area (Å²) in [6.45, 7) is 9.68. The van der Waals surface area contributed by atoms with Crippen LogP contribution in [-0.2, 0) is 0 Å². The van der Waals surface area contributed by atoms with Crippen molar-refractivity contribution in [2.45, 2.75) is 53.4 Å². The van der Waals surface area contributed by atoms with E-state index >= 15 is 0 Å². The minimum Gasteiger partial charge on any atom is -0.493 e. The lowest BCUT2D eigenvalue weighted by molar-refractivity contribution is 0.234. The van der Waals surface area contributed by atoms with Crippen molar-refractivity contribution in [3.05, 3.63) is 65.7 Å². The number of benzene rings is 3. The van der Waals surface area contributed by atoms with Crippen LogP contribution in [0, 0.1) is 19.8 Å². The molecule has 3 aromatic carbocycles. The van der Waals surface area contributed by atoms with Crippen LogP contribution < -0.4 is 4.74 Å². The molecule has 0 heterocycles. The lowest BCUT2D eigenvalue weighted by atomic mass is 9.93. The molecule has 27 heavy (non-hydrogen) atoms. The van der Waals surface area contributed by atoms with Gasteiger partial charge in [-0.3, -0.25) is 0 Å². The van der Waals surface area contributed by atoms with Crippen LogP contribution in [0.15, 0.2) is 54.6 Å². The first-order valence-electron chi connectivity index (χ1n) is 10.4. The molecule has 0 aliphatic rings. The number of hydrogen-bond donors (Lipinski definition) is 0. The van der Waals surface area contributed by atoms with E-state index in [4.69, 9.17) is 4.74 Å². The predicted molar refractivity (Wildman–Crippen MR) is 118 cm³/mol. The summed E-state index contributed by atoms with van der Waals surface area (Å²) in [6, 6.07) is 19.7. The minimum absolute atomic E-state index is 0.628. The second-order valence-electron chi connectivity index (χ2n) is 7.71. The SMILES string of the molecule is CCCCC(CC)COc1ccc2ccccc2c1-c1cc(C)ccc1C. The Morgan fingerprint density at radius 2 is 1.74 bits per heavy atom. The van der Waals surface area contributed by atoms with Gasteiger partial charge in [-0.05, 0) is 54.2 Å². The van der Waals surface area contributed by atoms with Crippen LogP contribution in [-0.4, -0.2) is 6.61 Å². The minimum atomic E-state index is 0.628. The molecule has 0 N–H and O–H groups in total. The van der Waals surface area contributed by atoms with Gasteiger partial charge in [0.25, 0.3) is 0 Å². The number of fused-ring (bicyclic) bond motifs is 1. The van der Waals surface area contributed by atoms with E-state index in [-0.39, 0.29) is 0 Å². The molecular weight excluding hydrogens is 328 g/mol. The first-order chi connectivity index (χ1) is 13.1. The summed E-state index contributed by atoms with van der Waals surface area (Å²) in [6.07, 6.45) is 4.95. The maximum absolute atomic E-state index is 6.44. The van der Waals surface area contributed by atoms with Gasteiger partial charge in [-0.15, -0.1) is 0 Å². The Balaban J connectivity index is 2.04. The van der Waals surface area contributed by atoms with Crippen LogP contribution in [0.25, 0.3) is 21.9 Å². The smallest absolute Gasteiger partial charge is 0.127 e. The molecule has 1 heteroatoms. The molecule has 3 rings (SSSR count). The Morgan fingerprint density at radius 3 is 2.52 bits per heavy atom. The summed E-state index contributed by atoms with van der Waals surface area (Å²) in [7, 11) is 0. The second-order valence-corrected chi connectivity index (χ2v) is 7.71. The number of unbranched alkanes of at least 4 members (excludes halogenated alkanes) is 1. The predicted octanol–water partition coefficient (Wildman–Crippen LogP) is 7.72. The molecule has 0 bridgehead atoms.